The lowest BCUT2D eigenvalue weighted by molar-refractivity contribution is -0.167. The molecular formula is C44H84O6. The zero-order valence-corrected chi connectivity index (χ0v) is 33.9. The van der Waals surface area contributed by atoms with Crippen LogP contribution in [0, 0.1) is 5.92 Å². The molecule has 0 saturated heterocycles. The molecule has 6 nitrogen and oxygen atoms in total. The van der Waals surface area contributed by atoms with Crippen molar-refractivity contribution in [2.45, 2.75) is 246 Å². The van der Waals surface area contributed by atoms with Crippen LogP contribution < -0.4 is 0 Å². The number of ether oxygens (including phenoxy) is 3. The lowest BCUT2D eigenvalue weighted by Gasteiger charge is -2.18. The molecule has 0 fully saturated rings. The number of hydrogen-bond donors (Lipinski definition) is 0. The van der Waals surface area contributed by atoms with Gasteiger partial charge in [-0.05, 0) is 25.2 Å². The highest BCUT2D eigenvalue weighted by Crippen LogP contribution is 2.16. The van der Waals surface area contributed by atoms with Crippen LogP contribution in [0.4, 0.5) is 0 Å². The van der Waals surface area contributed by atoms with Crippen LogP contribution in [-0.2, 0) is 28.6 Å². The van der Waals surface area contributed by atoms with Gasteiger partial charge in [0.2, 0.25) is 0 Å². The third-order valence-corrected chi connectivity index (χ3v) is 9.79. The van der Waals surface area contributed by atoms with Gasteiger partial charge in [0.15, 0.2) is 6.10 Å². The number of esters is 3. The van der Waals surface area contributed by atoms with Gasteiger partial charge in [-0.1, -0.05) is 201 Å². The summed E-state index contributed by atoms with van der Waals surface area (Å²) in [5, 5.41) is 0. The number of carbonyl (C=O) groups is 3. The third-order valence-electron chi connectivity index (χ3n) is 9.79. The first-order chi connectivity index (χ1) is 24.4. The molecule has 0 N–H and O–H groups in total. The normalized spacial score (nSPS) is 11.9. The molecule has 0 aromatic rings. The first kappa shape index (κ1) is 48.4. The summed E-state index contributed by atoms with van der Waals surface area (Å²) in [5.74, 6) is -0.0677. The summed E-state index contributed by atoms with van der Waals surface area (Å²) in [6.45, 7) is 8.92. The van der Waals surface area contributed by atoms with E-state index in [4.69, 9.17) is 14.2 Å². The van der Waals surface area contributed by atoms with Crippen molar-refractivity contribution in [3.8, 4) is 0 Å². The highest BCUT2D eigenvalue weighted by molar-refractivity contribution is 5.71. The summed E-state index contributed by atoms with van der Waals surface area (Å²) in [7, 11) is 0. The number of unbranched alkanes of at least 4 members (excludes halogenated alkanes) is 26. The van der Waals surface area contributed by atoms with Crippen LogP contribution in [0.25, 0.3) is 0 Å². The van der Waals surface area contributed by atoms with Gasteiger partial charge in [0, 0.05) is 19.3 Å². The Labute approximate surface area is 310 Å². The van der Waals surface area contributed by atoms with E-state index in [1.165, 1.54) is 135 Å². The van der Waals surface area contributed by atoms with E-state index >= 15 is 0 Å². The molecule has 0 aliphatic heterocycles. The maximum atomic E-state index is 12.7. The van der Waals surface area contributed by atoms with Crippen molar-refractivity contribution < 1.29 is 28.6 Å². The number of carbonyl (C=O) groups excluding carboxylic acids is 3. The largest absolute Gasteiger partial charge is 0.462 e. The van der Waals surface area contributed by atoms with E-state index in [-0.39, 0.29) is 31.1 Å². The molecule has 0 saturated carbocycles. The zero-order chi connectivity index (χ0) is 36.8. The second kappa shape index (κ2) is 38.6. The summed E-state index contributed by atoms with van der Waals surface area (Å²) in [4.78, 5) is 37.5. The molecule has 0 unspecified atom stereocenters. The molecule has 1 atom stereocenters. The Hall–Kier alpha value is -1.59. The Bertz CT molecular complexity index is 751. The number of rotatable bonds is 39. The molecule has 0 amide bonds. The monoisotopic (exact) mass is 709 g/mol. The minimum absolute atomic E-state index is 0.0651. The van der Waals surface area contributed by atoms with E-state index in [0.29, 0.717) is 19.3 Å². The zero-order valence-electron chi connectivity index (χ0n) is 33.9. The summed E-state index contributed by atoms with van der Waals surface area (Å²) >= 11 is 0. The van der Waals surface area contributed by atoms with E-state index in [1.54, 1.807) is 0 Å². The van der Waals surface area contributed by atoms with Gasteiger partial charge in [0.05, 0.1) is 0 Å². The molecule has 0 heterocycles. The Balaban J connectivity index is 4.28. The van der Waals surface area contributed by atoms with Gasteiger partial charge in [0.1, 0.15) is 13.2 Å². The lowest BCUT2D eigenvalue weighted by atomic mass is 10.0. The fourth-order valence-electron chi connectivity index (χ4n) is 6.45. The Morgan fingerprint density at radius 3 is 0.980 bits per heavy atom. The van der Waals surface area contributed by atoms with Crippen molar-refractivity contribution in [2.24, 2.45) is 5.92 Å². The molecule has 0 spiro atoms. The highest BCUT2D eigenvalue weighted by Gasteiger charge is 2.19. The maximum Gasteiger partial charge on any atom is 0.306 e. The van der Waals surface area contributed by atoms with Crippen LogP contribution in [0.3, 0.4) is 0 Å². The summed E-state index contributed by atoms with van der Waals surface area (Å²) in [6, 6.07) is 0. The summed E-state index contributed by atoms with van der Waals surface area (Å²) in [6.07, 6.45) is 36.7. The molecule has 0 radical (unpaired) electrons. The van der Waals surface area contributed by atoms with Gasteiger partial charge in [-0.3, -0.25) is 14.4 Å². The van der Waals surface area contributed by atoms with E-state index < -0.39 is 6.10 Å². The fourth-order valence-corrected chi connectivity index (χ4v) is 6.45. The topological polar surface area (TPSA) is 78.9 Å². The molecule has 0 bridgehead atoms. The van der Waals surface area contributed by atoms with Gasteiger partial charge in [-0.2, -0.15) is 0 Å². The van der Waals surface area contributed by atoms with Gasteiger partial charge in [-0.15, -0.1) is 0 Å². The lowest BCUT2D eigenvalue weighted by Crippen LogP contribution is -2.30. The van der Waals surface area contributed by atoms with Crippen molar-refractivity contribution in [3.05, 3.63) is 0 Å². The van der Waals surface area contributed by atoms with Crippen LogP contribution in [-0.4, -0.2) is 37.2 Å². The van der Waals surface area contributed by atoms with E-state index in [2.05, 4.69) is 27.7 Å². The average molecular weight is 709 g/mol. The SMILES string of the molecule is CCCCCCCCCCCCCCCCC(=O)O[C@H](COC(=O)CCCCCCCCC)COC(=O)CCCCCCCCCCC(C)C. The Morgan fingerprint density at radius 1 is 0.380 bits per heavy atom. The Kier molecular flexibility index (Phi) is 37.4. The van der Waals surface area contributed by atoms with E-state index in [0.717, 1.165) is 63.7 Å². The minimum Gasteiger partial charge on any atom is -0.462 e. The average Bonchev–Trinajstić information content (AvgIpc) is 3.09. The van der Waals surface area contributed by atoms with Gasteiger partial charge < -0.3 is 14.2 Å². The second-order valence-corrected chi connectivity index (χ2v) is 15.5. The summed E-state index contributed by atoms with van der Waals surface area (Å²) in [5.41, 5.74) is 0. The minimum atomic E-state index is -0.758. The molecule has 6 heteroatoms. The van der Waals surface area contributed by atoms with Gasteiger partial charge in [0.25, 0.3) is 0 Å². The van der Waals surface area contributed by atoms with Crippen molar-refractivity contribution >= 4 is 17.9 Å². The van der Waals surface area contributed by atoms with Crippen LogP contribution in [0.1, 0.15) is 240 Å². The smallest absolute Gasteiger partial charge is 0.306 e. The third kappa shape index (κ3) is 37.7. The van der Waals surface area contributed by atoms with Crippen LogP contribution in [0.2, 0.25) is 0 Å². The quantitative estimate of drug-likeness (QED) is 0.0359. The van der Waals surface area contributed by atoms with E-state index in [9.17, 15) is 14.4 Å². The molecule has 296 valence electrons. The first-order valence-electron chi connectivity index (χ1n) is 21.9. The van der Waals surface area contributed by atoms with Crippen LogP contribution in [0.5, 0.6) is 0 Å². The number of hydrogen-bond acceptors (Lipinski definition) is 6. The van der Waals surface area contributed by atoms with Crippen LogP contribution in [0.15, 0.2) is 0 Å². The van der Waals surface area contributed by atoms with E-state index in [1.807, 2.05) is 0 Å². The fraction of sp³-hybridized carbons (Fsp3) is 0.932. The van der Waals surface area contributed by atoms with Gasteiger partial charge >= 0.3 is 17.9 Å². The van der Waals surface area contributed by atoms with Crippen molar-refractivity contribution in [2.75, 3.05) is 13.2 Å². The summed E-state index contributed by atoms with van der Waals surface area (Å²) < 4.78 is 16.6. The maximum absolute atomic E-state index is 12.7. The predicted octanol–water partition coefficient (Wildman–Crippen LogP) is 13.6. The van der Waals surface area contributed by atoms with Crippen LogP contribution >= 0.6 is 0 Å². The second-order valence-electron chi connectivity index (χ2n) is 15.5. The molecule has 0 aromatic carbocycles. The standard InChI is InChI=1S/C44H84O6/c1-5-7-9-11-13-14-15-16-17-18-19-25-29-33-37-44(47)50-41(38-48-42(45)35-31-27-22-12-10-8-6-2)39-49-43(46)36-32-28-24-21-20-23-26-30-34-40(3)4/h40-41H,5-39H2,1-4H3/t41-/m1/s1. The van der Waals surface area contributed by atoms with Crippen molar-refractivity contribution in [3.63, 3.8) is 0 Å². The molecule has 0 aromatic heterocycles. The van der Waals surface area contributed by atoms with Gasteiger partial charge in [-0.25, -0.2) is 0 Å². The first-order valence-corrected chi connectivity index (χ1v) is 21.9. The van der Waals surface area contributed by atoms with Crippen molar-refractivity contribution in [1.82, 2.24) is 0 Å². The molecule has 50 heavy (non-hydrogen) atoms. The predicted molar refractivity (Wildman–Crippen MR) is 210 cm³/mol. The van der Waals surface area contributed by atoms with Crippen molar-refractivity contribution in [1.29, 1.82) is 0 Å². The highest BCUT2D eigenvalue weighted by atomic mass is 16.6. The molecule has 0 aliphatic carbocycles. The molecule has 0 aliphatic rings. The molecular weight excluding hydrogens is 624 g/mol. The Morgan fingerprint density at radius 2 is 0.660 bits per heavy atom. The molecule has 0 rings (SSSR count).